The highest BCUT2D eigenvalue weighted by atomic mass is 16.5. The summed E-state index contributed by atoms with van der Waals surface area (Å²) >= 11 is 0. The van der Waals surface area contributed by atoms with E-state index in [0.717, 1.165) is 11.4 Å². The van der Waals surface area contributed by atoms with Crippen molar-refractivity contribution in [3.05, 3.63) is 59.9 Å². The molecule has 0 spiro atoms. The fourth-order valence-electron chi connectivity index (χ4n) is 2.90. The standard InChI is InChI=1S/C19H22N4O3/c1-26-18(24)15-5-4-7-17(13-15)22-9-11-23(12-10-22)19(25)21-14-16-6-2-3-8-20-16/h2-8,13H,9-12,14H2,1H3,(H,21,25). The molecule has 0 saturated carbocycles. The largest absolute Gasteiger partial charge is 0.465 e. The number of carbonyl (C=O) groups is 2. The number of anilines is 1. The number of methoxy groups -OCH3 is 1. The van der Waals surface area contributed by atoms with E-state index in [9.17, 15) is 9.59 Å². The maximum atomic E-state index is 12.3. The lowest BCUT2D eigenvalue weighted by molar-refractivity contribution is 0.0600. The van der Waals surface area contributed by atoms with Crippen molar-refractivity contribution >= 4 is 17.7 Å². The number of nitrogens with zero attached hydrogens (tertiary/aromatic N) is 3. The van der Waals surface area contributed by atoms with Gasteiger partial charge in [0.05, 0.1) is 24.9 Å². The Labute approximate surface area is 152 Å². The summed E-state index contributed by atoms with van der Waals surface area (Å²) in [5, 5.41) is 2.90. The number of benzene rings is 1. The lowest BCUT2D eigenvalue weighted by Gasteiger charge is -2.36. The third-order valence-electron chi connectivity index (χ3n) is 4.35. The number of hydrogen-bond donors (Lipinski definition) is 1. The molecule has 0 aliphatic carbocycles. The van der Waals surface area contributed by atoms with E-state index in [2.05, 4.69) is 15.2 Å². The molecule has 136 valence electrons. The third kappa shape index (κ3) is 4.30. The number of piperazine rings is 1. The zero-order valence-electron chi connectivity index (χ0n) is 14.7. The van der Waals surface area contributed by atoms with Crippen molar-refractivity contribution in [2.45, 2.75) is 6.54 Å². The van der Waals surface area contributed by atoms with Gasteiger partial charge in [-0.05, 0) is 30.3 Å². The van der Waals surface area contributed by atoms with E-state index < -0.39 is 0 Å². The summed E-state index contributed by atoms with van der Waals surface area (Å²) in [4.78, 5) is 32.1. The lowest BCUT2D eigenvalue weighted by Crippen LogP contribution is -2.51. The average Bonchev–Trinajstić information content (AvgIpc) is 2.72. The topological polar surface area (TPSA) is 74.8 Å². The van der Waals surface area contributed by atoms with Crippen molar-refractivity contribution < 1.29 is 14.3 Å². The molecule has 1 N–H and O–H groups in total. The minimum atomic E-state index is -0.348. The van der Waals surface area contributed by atoms with Crippen molar-refractivity contribution in [3.8, 4) is 0 Å². The summed E-state index contributed by atoms with van der Waals surface area (Å²) in [7, 11) is 1.37. The highest BCUT2D eigenvalue weighted by Gasteiger charge is 2.21. The fraction of sp³-hybridized carbons (Fsp3) is 0.316. The Morgan fingerprint density at radius 1 is 1.12 bits per heavy atom. The van der Waals surface area contributed by atoms with Crippen LogP contribution < -0.4 is 10.2 Å². The molecule has 0 unspecified atom stereocenters. The van der Waals surface area contributed by atoms with Crippen molar-refractivity contribution in [1.29, 1.82) is 0 Å². The SMILES string of the molecule is COC(=O)c1cccc(N2CCN(C(=O)NCc3ccccn3)CC2)c1. The van der Waals surface area contributed by atoms with Gasteiger partial charge in [-0.1, -0.05) is 12.1 Å². The maximum Gasteiger partial charge on any atom is 0.337 e. The van der Waals surface area contributed by atoms with Gasteiger partial charge < -0.3 is 19.9 Å². The number of rotatable bonds is 4. The molecular formula is C19H22N4O3. The Kier molecular flexibility index (Phi) is 5.68. The van der Waals surface area contributed by atoms with Gasteiger partial charge >= 0.3 is 12.0 Å². The number of ether oxygens (including phenoxy) is 1. The molecule has 1 aliphatic heterocycles. The predicted molar refractivity (Wildman–Crippen MR) is 98.0 cm³/mol. The van der Waals surface area contributed by atoms with E-state index in [1.54, 1.807) is 17.2 Å². The Morgan fingerprint density at radius 2 is 1.92 bits per heavy atom. The van der Waals surface area contributed by atoms with Crippen LogP contribution in [-0.4, -0.2) is 55.2 Å². The minimum Gasteiger partial charge on any atom is -0.465 e. The number of nitrogens with one attached hydrogen (secondary N) is 1. The number of aromatic nitrogens is 1. The maximum absolute atomic E-state index is 12.3. The van der Waals surface area contributed by atoms with E-state index in [1.807, 2.05) is 36.4 Å². The van der Waals surface area contributed by atoms with Gasteiger partial charge in [0.2, 0.25) is 0 Å². The Morgan fingerprint density at radius 3 is 2.62 bits per heavy atom. The first kappa shape index (κ1) is 17.7. The number of urea groups is 1. The van der Waals surface area contributed by atoms with Gasteiger partial charge in [0, 0.05) is 38.1 Å². The van der Waals surface area contributed by atoms with Crippen molar-refractivity contribution in [2.24, 2.45) is 0 Å². The van der Waals surface area contributed by atoms with Gasteiger partial charge in [0.15, 0.2) is 0 Å². The molecule has 0 bridgehead atoms. The van der Waals surface area contributed by atoms with E-state index in [4.69, 9.17) is 4.74 Å². The molecule has 0 radical (unpaired) electrons. The number of amides is 2. The van der Waals surface area contributed by atoms with Gasteiger partial charge in [-0.15, -0.1) is 0 Å². The second kappa shape index (κ2) is 8.33. The Bertz CT molecular complexity index is 758. The second-order valence-electron chi connectivity index (χ2n) is 6.00. The highest BCUT2D eigenvalue weighted by molar-refractivity contribution is 5.90. The normalized spacial score (nSPS) is 14.0. The first-order valence-corrected chi connectivity index (χ1v) is 8.53. The fourth-order valence-corrected chi connectivity index (χ4v) is 2.90. The van der Waals surface area contributed by atoms with Crippen LogP contribution in [0.4, 0.5) is 10.5 Å². The van der Waals surface area contributed by atoms with Gasteiger partial charge in [0.25, 0.3) is 0 Å². The summed E-state index contributed by atoms with van der Waals surface area (Å²) in [6.45, 7) is 3.08. The quantitative estimate of drug-likeness (QED) is 0.849. The van der Waals surface area contributed by atoms with E-state index in [-0.39, 0.29) is 12.0 Å². The van der Waals surface area contributed by atoms with Crippen LogP contribution >= 0.6 is 0 Å². The third-order valence-corrected chi connectivity index (χ3v) is 4.35. The zero-order valence-corrected chi connectivity index (χ0v) is 14.7. The van der Waals surface area contributed by atoms with Crippen LogP contribution in [0.3, 0.4) is 0 Å². The molecule has 7 nitrogen and oxygen atoms in total. The van der Waals surface area contributed by atoms with Crippen LogP contribution in [0.25, 0.3) is 0 Å². The van der Waals surface area contributed by atoms with Crippen LogP contribution in [0.15, 0.2) is 48.7 Å². The molecule has 1 saturated heterocycles. The molecular weight excluding hydrogens is 332 g/mol. The number of esters is 1. The van der Waals surface area contributed by atoms with E-state index in [1.165, 1.54) is 7.11 Å². The number of pyridine rings is 1. The van der Waals surface area contributed by atoms with E-state index >= 15 is 0 Å². The number of carbonyl (C=O) groups excluding carboxylic acids is 2. The van der Waals surface area contributed by atoms with Crippen molar-refractivity contribution in [3.63, 3.8) is 0 Å². The van der Waals surface area contributed by atoms with Gasteiger partial charge in [-0.25, -0.2) is 9.59 Å². The summed E-state index contributed by atoms with van der Waals surface area (Å²) < 4.78 is 4.77. The summed E-state index contributed by atoms with van der Waals surface area (Å²) in [6.07, 6.45) is 1.71. The first-order chi connectivity index (χ1) is 12.7. The second-order valence-corrected chi connectivity index (χ2v) is 6.00. The van der Waals surface area contributed by atoms with Gasteiger partial charge in [-0.3, -0.25) is 4.98 Å². The van der Waals surface area contributed by atoms with Gasteiger partial charge in [0.1, 0.15) is 0 Å². The molecule has 1 aromatic carbocycles. The lowest BCUT2D eigenvalue weighted by atomic mass is 10.1. The molecule has 1 aromatic heterocycles. The minimum absolute atomic E-state index is 0.0846. The van der Waals surface area contributed by atoms with Crippen molar-refractivity contribution in [1.82, 2.24) is 15.2 Å². The molecule has 1 aliphatic rings. The predicted octanol–water partition coefficient (Wildman–Crippen LogP) is 1.90. The monoisotopic (exact) mass is 354 g/mol. The highest BCUT2D eigenvalue weighted by Crippen LogP contribution is 2.18. The molecule has 2 aromatic rings. The van der Waals surface area contributed by atoms with Crippen LogP contribution in [0, 0.1) is 0 Å². The van der Waals surface area contributed by atoms with E-state index in [0.29, 0.717) is 38.3 Å². The Hall–Kier alpha value is -3.09. The number of hydrogen-bond acceptors (Lipinski definition) is 5. The molecule has 2 amide bonds. The van der Waals surface area contributed by atoms with Crippen LogP contribution in [-0.2, 0) is 11.3 Å². The summed E-state index contributed by atoms with van der Waals surface area (Å²) in [5.74, 6) is -0.348. The molecule has 2 heterocycles. The molecule has 0 atom stereocenters. The molecule has 1 fully saturated rings. The average molecular weight is 354 g/mol. The smallest absolute Gasteiger partial charge is 0.337 e. The van der Waals surface area contributed by atoms with Crippen LogP contribution in [0.5, 0.6) is 0 Å². The summed E-state index contributed by atoms with van der Waals surface area (Å²) in [5.41, 5.74) is 2.32. The Balaban J connectivity index is 1.52. The van der Waals surface area contributed by atoms with Gasteiger partial charge in [-0.2, -0.15) is 0 Å². The van der Waals surface area contributed by atoms with Crippen LogP contribution in [0.1, 0.15) is 16.1 Å². The van der Waals surface area contributed by atoms with Crippen molar-refractivity contribution in [2.75, 3.05) is 38.2 Å². The molecule has 3 rings (SSSR count). The first-order valence-electron chi connectivity index (χ1n) is 8.53. The summed E-state index contributed by atoms with van der Waals surface area (Å²) in [6, 6.07) is 12.9. The zero-order chi connectivity index (χ0) is 18.4. The van der Waals surface area contributed by atoms with Crippen LogP contribution in [0.2, 0.25) is 0 Å². The molecule has 7 heteroatoms. The molecule has 26 heavy (non-hydrogen) atoms.